The first-order valence-corrected chi connectivity index (χ1v) is 13.1. The minimum atomic E-state index is -0.698. The number of hydrogen-bond acceptors (Lipinski definition) is 4. The van der Waals surface area contributed by atoms with Gasteiger partial charge in [-0.25, -0.2) is 8.78 Å². The molecule has 7 heteroatoms. The third kappa shape index (κ3) is 8.40. The molecule has 200 valence electrons. The molecule has 36 heavy (non-hydrogen) atoms. The molecule has 1 saturated carbocycles. The molecule has 1 fully saturated rings. The highest BCUT2D eigenvalue weighted by Crippen LogP contribution is 2.35. The van der Waals surface area contributed by atoms with Crippen molar-refractivity contribution in [2.24, 2.45) is 16.8 Å². The summed E-state index contributed by atoms with van der Waals surface area (Å²) in [6, 6.07) is 6.17. The van der Waals surface area contributed by atoms with Crippen molar-refractivity contribution in [3.8, 4) is 0 Å². The highest BCUT2D eigenvalue weighted by atomic mass is 19.1. The molecule has 2 aromatic carbocycles. The SMILES string of the molecule is CC.CC.CC=Nc1c(C)cc(C(=O)NCC2CCC(CO)CC2)c(Nc2ccc(C)cc2F)c1F. The highest BCUT2D eigenvalue weighted by molar-refractivity contribution is 6.01. The van der Waals surface area contributed by atoms with Gasteiger partial charge in [0.2, 0.25) is 0 Å². The van der Waals surface area contributed by atoms with Crippen molar-refractivity contribution in [2.45, 2.75) is 74.1 Å². The van der Waals surface area contributed by atoms with Crippen LogP contribution in [0.2, 0.25) is 0 Å². The molecule has 3 N–H and O–H groups in total. The standard InChI is InChI=1S/C25H31F2N3O2.2C2H6/c1-4-28-23-16(3)12-19(25(32)29-13-17-6-8-18(14-31)9-7-17)24(22(23)27)30-21-10-5-15(2)11-20(21)26;2*1-2/h4-5,10-12,17-18,30-31H,6-9,13-14H2,1-3H3,(H,29,32);2*1-2H3. The molecule has 0 radical (unpaired) electrons. The van der Waals surface area contributed by atoms with E-state index in [4.69, 9.17) is 0 Å². The number of rotatable bonds is 7. The Morgan fingerprint density at radius 2 is 1.67 bits per heavy atom. The van der Waals surface area contributed by atoms with E-state index in [9.17, 15) is 14.3 Å². The summed E-state index contributed by atoms with van der Waals surface area (Å²) in [6.45, 7) is 13.8. The molecule has 5 nitrogen and oxygen atoms in total. The fourth-order valence-corrected chi connectivity index (χ4v) is 4.16. The van der Waals surface area contributed by atoms with Gasteiger partial charge in [-0.15, -0.1) is 0 Å². The van der Waals surface area contributed by atoms with Gasteiger partial charge in [-0.2, -0.15) is 0 Å². The fourth-order valence-electron chi connectivity index (χ4n) is 4.16. The summed E-state index contributed by atoms with van der Waals surface area (Å²) in [4.78, 5) is 17.1. The lowest BCUT2D eigenvalue weighted by Gasteiger charge is -2.27. The maximum atomic E-state index is 15.4. The molecular weight excluding hydrogens is 460 g/mol. The molecular formula is C29H43F2N3O2. The van der Waals surface area contributed by atoms with Crippen molar-refractivity contribution < 1.29 is 18.7 Å². The third-order valence-corrected chi connectivity index (χ3v) is 6.09. The number of anilines is 2. The van der Waals surface area contributed by atoms with E-state index in [1.165, 1.54) is 18.3 Å². The average molecular weight is 504 g/mol. The molecule has 0 heterocycles. The van der Waals surface area contributed by atoms with Gasteiger partial charge in [-0.1, -0.05) is 33.8 Å². The van der Waals surface area contributed by atoms with Crippen LogP contribution in [0.15, 0.2) is 29.3 Å². The van der Waals surface area contributed by atoms with Crippen molar-refractivity contribution in [1.29, 1.82) is 0 Å². The Hall–Kier alpha value is -2.80. The molecule has 0 bridgehead atoms. The number of hydrogen-bond donors (Lipinski definition) is 3. The van der Waals surface area contributed by atoms with Crippen LogP contribution < -0.4 is 10.6 Å². The van der Waals surface area contributed by atoms with E-state index in [2.05, 4.69) is 15.6 Å². The molecule has 1 aliphatic carbocycles. The molecule has 0 saturated heterocycles. The Labute approximate surface area is 215 Å². The maximum absolute atomic E-state index is 15.4. The number of nitrogens with one attached hydrogen (secondary N) is 2. The smallest absolute Gasteiger partial charge is 0.253 e. The van der Waals surface area contributed by atoms with Crippen molar-refractivity contribution in [3.63, 3.8) is 0 Å². The second kappa shape index (κ2) is 16.0. The minimum absolute atomic E-state index is 0.0844. The van der Waals surface area contributed by atoms with Gasteiger partial charge >= 0.3 is 0 Å². The van der Waals surface area contributed by atoms with Crippen molar-refractivity contribution in [2.75, 3.05) is 18.5 Å². The number of halogens is 2. The molecule has 3 rings (SSSR count). The van der Waals surface area contributed by atoms with Crippen LogP contribution in [-0.2, 0) is 0 Å². The van der Waals surface area contributed by atoms with Gasteiger partial charge in [-0.05, 0) is 87.6 Å². The van der Waals surface area contributed by atoms with Crippen molar-refractivity contribution in [3.05, 3.63) is 52.6 Å². The molecule has 0 unspecified atom stereocenters. The van der Waals surface area contributed by atoms with Gasteiger partial charge in [0.15, 0.2) is 5.82 Å². The second-order valence-corrected chi connectivity index (χ2v) is 8.55. The predicted molar refractivity (Wildman–Crippen MR) is 147 cm³/mol. The summed E-state index contributed by atoms with van der Waals surface area (Å²) in [5, 5.41) is 15.0. The van der Waals surface area contributed by atoms with E-state index in [-0.39, 0.29) is 29.2 Å². The van der Waals surface area contributed by atoms with E-state index in [1.54, 1.807) is 32.9 Å². The highest BCUT2D eigenvalue weighted by Gasteiger charge is 2.24. The van der Waals surface area contributed by atoms with Gasteiger partial charge in [0.25, 0.3) is 5.91 Å². The number of amides is 1. The number of nitrogens with zero attached hydrogens (tertiary/aromatic N) is 1. The van der Waals surface area contributed by atoms with E-state index in [1.807, 2.05) is 27.7 Å². The number of aliphatic hydroxyl groups is 1. The lowest BCUT2D eigenvalue weighted by atomic mass is 9.82. The fraction of sp³-hybridized carbons (Fsp3) is 0.517. The quantitative estimate of drug-likeness (QED) is 0.340. The van der Waals surface area contributed by atoms with E-state index < -0.39 is 17.5 Å². The molecule has 0 aliphatic heterocycles. The number of aliphatic hydroxyl groups excluding tert-OH is 1. The topological polar surface area (TPSA) is 73.7 Å². The Morgan fingerprint density at radius 1 is 1.06 bits per heavy atom. The zero-order valence-corrected chi connectivity index (χ0v) is 22.8. The normalized spacial score (nSPS) is 16.9. The first-order valence-electron chi connectivity index (χ1n) is 13.1. The van der Waals surface area contributed by atoms with E-state index in [0.29, 0.717) is 23.9 Å². The molecule has 1 amide bonds. The van der Waals surface area contributed by atoms with Crippen LogP contribution in [0.1, 0.15) is 81.8 Å². The zero-order chi connectivity index (χ0) is 27.3. The van der Waals surface area contributed by atoms with Crippen LogP contribution in [0.3, 0.4) is 0 Å². The van der Waals surface area contributed by atoms with Gasteiger partial charge in [-0.3, -0.25) is 9.79 Å². The number of benzene rings is 2. The first kappa shape index (κ1) is 31.2. The largest absolute Gasteiger partial charge is 0.396 e. The lowest BCUT2D eigenvalue weighted by molar-refractivity contribution is 0.0937. The summed E-state index contributed by atoms with van der Waals surface area (Å²) in [6.07, 6.45) is 5.22. The van der Waals surface area contributed by atoms with Crippen LogP contribution in [0.25, 0.3) is 0 Å². The lowest BCUT2D eigenvalue weighted by Crippen LogP contribution is -2.32. The summed E-state index contributed by atoms with van der Waals surface area (Å²) < 4.78 is 29.9. The maximum Gasteiger partial charge on any atom is 0.253 e. The van der Waals surface area contributed by atoms with Crippen LogP contribution in [-0.4, -0.2) is 30.4 Å². The zero-order valence-electron chi connectivity index (χ0n) is 22.8. The second-order valence-electron chi connectivity index (χ2n) is 8.55. The molecule has 1 aliphatic rings. The summed E-state index contributed by atoms with van der Waals surface area (Å²) in [5.74, 6) is -0.985. The first-order chi connectivity index (χ1) is 17.3. The number of carbonyl (C=O) groups is 1. The van der Waals surface area contributed by atoms with E-state index >= 15 is 4.39 Å². The van der Waals surface area contributed by atoms with Crippen LogP contribution >= 0.6 is 0 Å². The molecule has 2 aromatic rings. The van der Waals surface area contributed by atoms with Gasteiger partial charge < -0.3 is 15.7 Å². The number of aryl methyl sites for hydroxylation is 2. The van der Waals surface area contributed by atoms with Crippen molar-refractivity contribution >= 4 is 29.2 Å². The Kier molecular flexibility index (Phi) is 13.9. The molecule has 0 atom stereocenters. The van der Waals surface area contributed by atoms with Crippen LogP contribution in [0.4, 0.5) is 25.8 Å². The monoisotopic (exact) mass is 503 g/mol. The number of aliphatic imine (C=N–C) groups is 1. The Morgan fingerprint density at radius 3 is 2.22 bits per heavy atom. The Bertz CT molecular complexity index is 1000. The summed E-state index contributed by atoms with van der Waals surface area (Å²) in [7, 11) is 0. The summed E-state index contributed by atoms with van der Waals surface area (Å²) in [5.41, 5.74) is 1.47. The predicted octanol–water partition coefficient (Wildman–Crippen LogP) is 7.63. The van der Waals surface area contributed by atoms with E-state index in [0.717, 1.165) is 31.2 Å². The van der Waals surface area contributed by atoms with Crippen LogP contribution in [0.5, 0.6) is 0 Å². The Balaban J connectivity index is 0.00000154. The molecule has 0 aromatic heterocycles. The van der Waals surface area contributed by atoms with Gasteiger partial charge in [0, 0.05) is 19.4 Å². The third-order valence-electron chi connectivity index (χ3n) is 6.09. The average Bonchev–Trinajstić information content (AvgIpc) is 2.90. The molecule has 0 spiro atoms. The number of carbonyl (C=O) groups excluding carboxylic acids is 1. The van der Waals surface area contributed by atoms with Crippen LogP contribution in [0, 0.1) is 37.3 Å². The van der Waals surface area contributed by atoms with Gasteiger partial charge in [0.1, 0.15) is 11.5 Å². The van der Waals surface area contributed by atoms with Gasteiger partial charge in [0.05, 0.1) is 16.9 Å². The summed E-state index contributed by atoms with van der Waals surface area (Å²) >= 11 is 0. The minimum Gasteiger partial charge on any atom is -0.396 e. The van der Waals surface area contributed by atoms with Crippen molar-refractivity contribution in [1.82, 2.24) is 5.32 Å².